The Morgan fingerprint density at radius 2 is 2.20 bits per heavy atom. The first-order valence-electron chi connectivity index (χ1n) is 4.99. The Bertz CT molecular complexity index is 313. The molecule has 0 aliphatic carbocycles. The van der Waals surface area contributed by atoms with Crippen molar-refractivity contribution in [2.75, 3.05) is 6.61 Å². The summed E-state index contributed by atoms with van der Waals surface area (Å²) in [6, 6.07) is 3.80. The molecule has 0 spiro atoms. The average Bonchev–Trinajstić information content (AvgIpc) is 2.24. The number of rotatable bonds is 5. The summed E-state index contributed by atoms with van der Waals surface area (Å²) in [5, 5.41) is 21.4. The van der Waals surface area contributed by atoms with Crippen LogP contribution in [0.4, 0.5) is 4.39 Å². The molecule has 0 aromatic heterocycles. The molecule has 0 heterocycles. The van der Waals surface area contributed by atoms with E-state index in [1.54, 1.807) is 0 Å². The zero-order valence-electron chi connectivity index (χ0n) is 8.70. The fourth-order valence-electron chi connectivity index (χ4n) is 1.29. The molecule has 3 N–H and O–H groups in total. The van der Waals surface area contributed by atoms with Crippen LogP contribution in [0.3, 0.4) is 0 Å². The van der Waals surface area contributed by atoms with E-state index < -0.39 is 0 Å². The maximum Gasteiger partial charge on any atom is 0.123 e. The van der Waals surface area contributed by atoms with Gasteiger partial charge in [0.2, 0.25) is 0 Å². The molecule has 0 saturated carbocycles. The first-order valence-corrected chi connectivity index (χ1v) is 4.99. The lowest BCUT2D eigenvalue weighted by molar-refractivity contribution is 0.238. The number of phenolic OH excluding ortho intramolecular Hbond substituents is 1. The van der Waals surface area contributed by atoms with E-state index in [1.165, 1.54) is 18.2 Å². The highest BCUT2D eigenvalue weighted by Gasteiger charge is 2.06. The Morgan fingerprint density at radius 3 is 2.80 bits per heavy atom. The molecule has 0 fully saturated rings. The molecule has 1 rings (SSSR count). The van der Waals surface area contributed by atoms with Crippen LogP contribution in [0.1, 0.15) is 18.9 Å². The minimum Gasteiger partial charge on any atom is -0.508 e. The Labute approximate surface area is 88.6 Å². The van der Waals surface area contributed by atoms with Crippen LogP contribution in [0.25, 0.3) is 0 Å². The zero-order valence-corrected chi connectivity index (χ0v) is 8.70. The van der Waals surface area contributed by atoms with E-state index in [9.17, 15) is 9.50 Å². The summed E-state index contributed by atoms with van der Waals surface area (Å²) in [6.07, 6.45) is 0.784. The van der Waals surface area contributed by atoms with Crippen LogP contribution in [0.2, 0.25) is 0 Å². The summed E-state index contributed by atoms with van der Waals surface area (Å²) in [4.78, 5) is 0. The molecule has 4 heteroatoms. The average molecular weight is 213 g/mol. The van der Waals surface area contributed by atoms with Crippen molar-refractivity contribution < 1.29 is 14.6 Å². The summed E-state index contributed by atoms with van der Waals surface area (Å²) < 4.78 is 12.8. The first kappa shape index (κ1) is 11.9. The summed E-state index contributed by atoms with van der Waals surface area (Å²) in [6.45, 7) is 2.33. The highest BCUT2D eigenvalue weighted by molar-refractivity contribution is 5.32. The molecular weight excluding hydrogens is 197 g/mol. The van der Waals surface area contributed by atoms with E-state index >= 15 is 0 Å². The minimum atomic E-state index is -0.373. The lowest BCUT2D eigenvalue weighted by Gasteiger charge is -2.14. The third kappa shape index (κ3) is 3.49. The van der Waals surface area contributed by atoms with Crippen LogP contribution < -0.4 is 5.32 Å². The SMILES string of the molecule is CC[C@H](CO)NCc1cc(F)ccc1O. The molecule has 0 radical (unpaired) electrons. The summed E-state index contributed by atoms with van der Waals surface area (Å²) in [5.74, 6) is -0.307. The standard InChI is InChI=1S/C11H16FNO2/c1-2-10(7-14)13-6-8-5-9(12)3-4-11(8)15/h3-5,10,13-15H,2,6-7H2,1H3/t10-/m1/s1. The number of hydrogen-bond donors (Lipinski definition) is 3. The quantitative estimate of drug-likeness (QED) is 0.692. The Hall–Kier alpha value is -1.13. The van der Waals surface area contributed by atoms with E-state index in [4.69, 9.17) is 5.11 Å². The van der Waals surface area contributed by atoms with Gasteiger partial charge in [0, 0.05) is 18.2 Å². The fourth-order valence-corrected chi connectivity index (χ4v) is 1.29. The van der Waals surface area contributed by atoms with Crippen molar-refractivity contribution in [3.63, 3.8) is 0 Å². The molecule has 0 unspecified atom stereocenters. The topological polar surface area (TPSA) is 52.5 Å². The van der Waals surface area contributed by atoms with Crippen molar-refractivity contribution in [2.24, 2.45) is 0 Å². The van der Waals surface area contributed by atoms with Crippen molar-refractivity contribution in [1.82, 2.24) is 5.32 Å². The molecule has 15 heavy (non-hydrogen) atoms. The van der Waals surface area contributed by atoms with Gasteiger partial charge in [-0.3, -0.25) is 0 Å². The number of aliphatic hydroxyl groups is 1. The molecule has 0 aliphatic heterocycles. The minimum absolute atomic E-state index is 0.0207. The van der Waals surface area contributed by atoms with Crippen LogP contribution in [-0.2, 0) is 6.54 Å². The second-order valence-electron chi connectivity index (χ2n) is 3.44. The predicted molar refractivity (Wildman–Crippen MR) is 56.1 cm³/mol. The van der Waals surface area contributed by atoms with E-state index in [0.29, 0.717) is 12.1 Å². The molecular formula is C11H16FNO2. The number of aliphatic hydroxyl groups excluding tert-OH is 1. The van der Waals surface area contributed by atoms with Gasteiger partial charge in [-0.15, -0.1) is 0 Å². The molecule has 3 nitrogen and oxygen atoms in total. The van der Waals surface area contributed by atoms with Crippen LogP contribution >= 0.6 is 0 Å². The Morgan fingerprint density at radius 1 is 1.47 bits per heavy atom. The van der Waals surface area contributed by atoms with Crippen molar-refractivity contribution >= 4 is 0 Å². The van der Waals surface area contributed by atoms with Gasteiger partial charge in [0.15, 0.2) is 0 Å². The first-order chi connectivity index (χ1) is 7.17. The summed E-state index contributed by atoms with van der Waals surface area (Å²) in [5.41, 5.74) is 0.502. The smallest absolute Gasteiger partial charge is 0.123 e. The van der Waals surface area contributed by atoms with E-state index in [2.05, 4.69) is 5.32 Å². The monoisotopic (exact) mass is 213 g/mol. The van der Waals surface area contributed by atoms with Crippen molar-refractivity contribution in [1.29, 1.82) is 0 Å². The predicted octanol–water partition coefficient (Wildman–Crippen LogP) is 1.39. The molecule has 0 amide bonds. The van der Waals surface area contributed by atoms with E-state index in [-0.39, 0.29) is 24.2 Å². The molecule has 0 bridgehead atoms. The van der Waals surface area contributed by atoms with Crippen molar-refractivity contribution in [3.05, 3.63) is 29.6 Å². The van der Waals surface area contributed by atoms with Gasteiger partial charge in [0.05, 0.1) is 6.61 Å². The third-order valence-electron chi connectivity index (χ3n) is 2.34. The second-order valence-corrected chi connectivity index (χ2v) is 3.44. The Balaban J connectivity index is 2.60. The number of benzene rings is 1. The van der Waals surface area contributed by atoms with Crippen molar-refractivity contribution in [2.45, 2.75) is 25.9 Å². The van der Waals surface area contributed by atoms with Crippen LogP contribution in [0.5, 0.6) is 5.75 Å². The van der Waals surface area contributed by atoms with Gasteiger partial charge in [0.1, 0.15) is 11.6 Å². The zero-order chi connectivity index (χ0) is 11.3. The molecule has 0 aliphatic rings. The number of aromatic hydroxyl groups is 1. The third-order valence-corrected chi connectivity index (χ3v) is 2.34. The van der Waals surface area contributed by atoms with Crippen LogP contribution in [0, 0.1) is 5.82 Å². The summed E-state index contributed by atoms with van der Waals surface area (Å²) in [7, 11) is 0. The molecule has 1 aromatic rings. The molecule has 0 saturated heterocycles. The van der Waals surface area contributed by atoms with Crippen LogP contribution in [-0.4, -0.2) is 22.9 Å². The molecule has 84 valence electrons. The second kappa shape index (κ2) is 5.68. The number of nitrogens with one attached hydrogen (secondary N) is 1. The maximum atomic E-state index is 12.8. The van der Waals surface area contributed by atoms with Crippen molar-refractivity contribution in [3.8, 4) is 5.75 Å². The van der Waals surface area contributed by atoms with Gasteiger partial charge < -0.3 is 15.5 Å². The highest BCUT2D eigenvalue weighted by Crippen LogP contribution is 2.17. The maximum absolute atomic E-state index is 12.8. The van der Waals surface area contributed by atoms with E-state index in [0.717, 1.165) is 6.42 Å². The lowest BCUT2D eigenvalue weighted by Crippen LogP contribution is -2.31. The lowest BCUT2D eigenvalue weighted by atomic mass is 10.1. The van der Waals surface area contributed by atoms with Gasteiger partial charge in [-0.1, -0.05) is 6.92 Å². The largest absolute Gasteiger partial charge is 0.508 e. The number of phenols is 1. The Kier molecular flexibility index (Phi) is 4.52. The fraction of sp³-hybridized carbons (Fsp3) is 0.455. The highest BCUT2D eigenvalue weighted by atomic mass is 19.1. The molecule has 1 aromatic carbocycles. The van der Waals surface area contributed by atoms with E-state index in [1.807, 2.05) is 6.92 Å². The molecule has 1 atom stereocenters. The van der Waals surface area contributed by atoms with Crippen LogP contribution in [0.15, 0.2) is 18.2 Å². The van der Waals surface area contributed by atoms with Gasteiger partial charge in [-0.05, 0) is 24.6 Å². The van der Waals surface area contributed by atoms with Gasteiger partial charge >= 0.3 is 0 Å². The normalized spacial score (nSPS) is 12.7. The number of hydrogen-bond acceptors (Lipinski definition) is 3. The number of halogens is 1. The van der Waals surface area contributed by atoms with Gasteiger partial charge in [0.25, 0.3) is 0 Å². The summed E-state index contributed by atoms with van der Waals surface area (Å²) >= 11 is 0. The van der Waals surface area contributed by atoms with Gasteiger partial charge in [-0.25, -0.2) is 4.39 Å². The van der Waals surface area contributed by atoms with Gasteiger partial charge in [-0.2, -0.15) is 0 Å².